The molecule has 3 rings (SSSR count). The van der Waals surface area contributed by atoms with Gasteiger partial charge in [0.1, 0.15) is 17.2 Å². The number of ketones is 1. The number of para-hydroxylation sites is 1. The largest absolute Gasteiger partial charge is 0.497 e. The summed E-state index contributed by atoms with van der Waals surface area (Å²) in [5.41, 5.74) is 1.43. The van der Waals surface area contributed by atoms with Crippen molar-refractivity contribution in [2.24, 2.45) is 0 Å². The highest BCUT2D eigenvalue weighted by molar-refractivity contribution is 6.32. The van der Waals surface area contributed by atoms with Crippen LogP contribution in [0, 0.1) is 0 Å². The van der Waals surface area contributed by atoms with Gasteiger partial charge in [0.25, 0.3) is 0 Å². The maximum absolute atomic E-state index is 12.1. The highest BCUT2D eigenvalue weighted by Crippen LogP contribution is 2.29. The maximum atomic E-state index is 12.1. The van der Waals surface area contributed by atoms with Gasteiger partial charge >= 0.3 is 0 Å². The van der Waals surface area contributed by atoms with E-state index in [1.54, 1.807) is 43.6 Å². The highest BCUT2D eigenvalue weighted by atomic mass is 35.5. The summed E-state index contributed by atoms with van der Waals surface area (Å²) >= 11 is 6.09. The second kappa shape index (κ2) is 8.92. The molecule has 0 amide bonds. The molecule has 136 valence electrons. The number of ether oxygens (including phenoxy) is 2. The molecule has 27 heavy (non-hydrogen) atoms. The van der Waals surface area contributed by atoms with Crippen LogP contribution in [0.1, 0.15) is 10.4 Å². The number of hydrogen-bond acceptors (Lipinski definition) is 4. The molecular formula is C22H18ClNO3. The fraction of sp³-hybridized carbons (Fsp3) is 0.0455. The molecule has 0 heterocycles. The van der Waals surface area contributed by atoms with Crippen molar-refractivity contribution in [3.8, 4) is 17.2 Å². The molecule has 0 aliphatic heterocycles. The van der Waals surface area contributed by atoms with Gasteiger partial charge in [-0.2, -0.15) is 0 Å². The molecule has 0 aliphatic rings. The van der Waals surface area contributed by atoms with Crippen LogP contribution in [0.25, 0.3) is 0 Å². The minimum absolute atomic E-state index is 0.0937. The van der Waals surface area contributed by atoms with Crippen molar-refractivity contribution in [1.29, 1.82) is 0 Å². The van der Waals surface area contributed by atoms with E-state index in [2.05, 4.69) is 5.32 Å². The van der Waals surface area contributed by atoms with E-state index in [1.807, 2.05) is 42.5 Å². The molecule has 0 radical (unpaired) electrons. The Morgan fingerprint density at radius 1 is 0.926 bits per heavy atom. The van der Waals surface area contributed by atoms with Crippen LogP contribution in [0.3, 0.4) is 0 Å². The first kappa shape index (κ1) is 18.5. The number of carbonyl (C=O) groups excluding carboxylic acids is 1. The van der Waals surface area contributed by atoms with E-state index in [0.29, 0.717) is 27.8 Å². The van der Waals surface area contributed by atoms with Gasteiger partial charge in [-0.25, -0.2) is 0 Å². The predicted molar refractivity (Wildman–Crippen MR) is 108 cm³/mol. The van der Waals surface area contributed by atoms with Crippen molar-refractivity contribution in [3.05, 3.63) is 95.7 Å². The predicted octanol–water partition coefficient (Wildman–Crippen LogP) is 5.95. The summed E-state index contributed by atoms with van der Waals surface area (Å²) in [6.45, 7) is 0. The molecule has 0 aromatic heterocycles. The lowest BCUT2D eigenvalue weighted by Gasteiger charge is -2.08. The minimum atomic E-state index is -0.0937. The fourth-order valence-electron chi connectivity index (χ4n) is 2.34. The molecule has 3 aromatic carbocycles. The molecule has 0 fully saturated rings. The van der Waals surface area contributed by atoms with Crippen LogP contribution in [0.2, 0.25) is 5.02 Å². The van der Waals surface area contributed by atoms with Gasteiger partial charge < -0.3 is 14.8 Å². The Labute approximate surface area is 163 Å². The van der Waals surface area contributed by atoms with Gasteiger partial charge in [0.15, 0.2) is 5.78 Å². The summed E-state index contributed by atoms with van der Waals surface area (Å²) in [7, 11) is 1.59. The Morgan fingerprint density at radius 2 is 1.59 bits per heavy atom. The summed E-state index contributed by atoms with van der Waals surface area (Å²) in [4.78, 5) is 12.1. The van der Waals surface area contributed by atoms with Gasteiger partial charge in [-0.3, -0.25) is 4.79 Å². The van der Waals surface area contributed by atoms with Gasteiger partial charge in [0, 0.05) is 23.5 Å². The Hall–Kier alpha value is -3.24. The second-order valence-electron chi connectivity index (χ2n) is 5.63. The standard InChI is InChI=1S/C22H18ClNO3/c1-26-18-10-6-16(7-11-18)21(25)14-15-24-17-8-12-19(13-9-17)27-22-5-3-2-4-20(22)23/h2-15,24H,1H3/b15-14+. The summed E-state index contributed by atoms with van der Waals surface area (Å²) < 4.78 is 10.8. The maximum Gasteiger partial charge on any atom is 0.187 e. The third-order valence-corrected chi connectivity index (χ3v) is 4.09. The van der Waals surface area contributed by atoms with Crippen molar-refractivity contribution >= 4 is 23.1 Å². The Kier molecular flexibility index (Phi) is 6.13. The fourth-order valence-corrected chi connectivity index (χ4v) is 2.51. The van der Waals surface area contributed by atoms with E-state index in [1.165, 1.54) is 6.08 Å². The molecule has 1 N–H and O–H groups in total. The minimum Gasteiger partial charge on any atom is -0.497 e. The number of carbonyl (C=O) groups is 1. The molecule has 0 saturated heterocycles. The van der Waals surface area contributed by atoms with Crippen LogP contribution in [0.4, 0.5) is 5.69 Å². The normalized spacial score (nSPS) is 10.6. The number of halogens is 1. The molecule has 0 unspecified atom stereocenters. The average Bonchev–Trinajstić information content (AvgIpc) is 2.71. The lowest BCUT2D eigenvalue weighted by atomic mass is 10.1. The molecule has 0 aliphatic carbocycles. The van der Waals surface area contributed by atoms with Gasteiger partial charge in [-0.05, 0) is 60.7 Å². The van der Waals surface area contributed by atoms with E-state index in [0.717, 1.165) is 5.69 Å². The first-order valence-electron chi connectivity index (χ1n) is 8.29. The lowest BCUT2D eigenvalue weighted by molar-refractivity contribution is 0.104. The molecule has 0 spiro atoms. The van der Waals surface area contributed by atoms with Crippen LogP contribution < -0.4 is 14.8 Å². The zero-order chi connectivity index (χ0) is 19.1. The zero-order valence-corrected chi connectivity index (χ0v) is 15.4. The van der Waals surface area contributed by atoms with Crippen molar-refractivity contribution in [3.63, 3.8) is 0 Å². The molecule has 3 aromatic rings. The summed E-state index contributed by atoms with van der Waals surface area (Å²) in [5.74, 6) is 1.90. The summed E-state index contributed by atoms with van der Waals surface area (Å²) in [6, 6.07) is 21.6. The van der Waals surface area contributed by atoms with Gasteiger partial charge in [-0.1, -0.05) is 23.7 Å². The quantitative estimate of drug-likeness (QED) is 0.407. The number of methoxy groups -OCH3 is 1. The third-order valence-electron chi connectivity index (χ3n) is 3.78. The van der Waals surface area contributed by atoms with Crippen LogP contribution in [-0.2, 0) is 0 Å². The van der Waals surface area contributed by atoms with Crippen molar-refractivity contribution in [2.45, 2.75) is 0 Å². The lowest BCUT2D eigenvalue weighted by Crippen LogP contribution is -1.96. The van der Waals surface area contributed by atoms with Crippen LogP contribution in [0.15, 0.2) is 85.1 Å². The third kappa shape index (κ3) is 5.12. The number of allylic oxidation sites excluding steroid dienone is 1. The van der Waals surface area contributed by atoms with Gasteiger partial charge in [0.05, 0.1) is 12.1 Å². The zero-order valence-electron chi connectivity index (χ0n) is 14.7. The number of rotatable bonds is 7. The number of anilines is 1. The Morgan fingerprint density at radius 3 is 2.26 bits per heavy atom. The number of benzene rings is 3. The molecular weight excluding hydrogens is 362 g/mol. The Bertz CT molecular complexity index is 935. The SMILES string of the molecule is COc1ccc(C(=O)/C=C/Nc2ccc(Oc3ccccc3Cl)cc2)cc1. The summed E-state index contributed by atoms with van der Waals surface area (Å²) in [6.07, 6.45) is 3.09. The average molecular weight is 380 g/mol. The van der Waals surface area contributed by atoms with E-state index < -0.39 is 0 Å². The van der Waals surface area contributed by atoms with E-state index in [9.17, 15) is 4.79 Å². The Balaban J connectivity index is 1.57. The first-order chi connectivity index (χ1) is 13.2. The van der Waals surface area contributed by atoms with Crippen molar-refractivity contribution < 1.29 is 14.3 Å². The van der Waals surface area contributed by atoms with Gasteiger partial charge in [-0.15, -0.1) is 0 Å². The highest BCUT2D eigenvalue weighted by Gasteiger charge is 2.03. The molecule has 5 heteroatoms. The first-order valence-corrected chi connectivity index (χ1v) is 8.67. The summed E-state index contributed by atoms with van der Waals surface area (Å²) in [5, 5.41) is 3.62. The molecule has 0 saturated carbocycles. The number of hydrogen-bond donors (Lipinski definition) is 1. The second-order valence-corrected chi connectivity index (χ2v) is 6.03. The molecule has 0 bridgehead atoms. The van der Waals surface area contributed by atoms with Crippen molar-refractivity contribution in [1.82, 2.24) is 0 Å². The topological polar surface area (TPSA) is 47.6 Å². The molecule has 0 atom stereocenters. The van der Waals surface area contributed by atoms with E-state index in [-0.39, 0.29) is 5.78 Å². The van der Waals surface area contributed by atoms with Crippen LogP contribution in [-0.4, -0.2) is 12.9 Å². The van der Waals surface area contributed by atoms with E-state index >= 15 is 0 Å². The number of nitrogens with one attached hydrogen (secondary N) is 1. The monoisotopic (exact) mass is 379 g/mol. The van der Waals surface area contributed by atoms with Gasteiger partial charge in [0.2, 0.25) is 0 Å². The molecule has 4 nitrogen and oxygen atoms in total. The van der Waals surface area contributed by atoms with E-state index in [4.69, 9.17) is 21.1 Å². The van der Waals surface area contributed by atoms with Crippen LogP contribution >= 0.6 is 11.6 Å². The van der Waals surface area contributed by atoms with Crippen molar-refractivity contribution in [2.75, 3.05) is 12.4 Å². The smallest absolute Gasteiger partial charge is 0.187 e. The van der Waals surface area contributed by atoms with Crippen LogP contribution in [0.5, 0.6) is 17.2 Å².